The van der Waals surface area contributed by atoms with Gasteiger partial charge in [-0.25, -0.2) is 4.79 Å². The monoisotopic (exact) mass is 306 g/mol. The van der Waals surface area contributed by atoms with Crippen molar-refractivity contribution in [1.29, 1.82) is 0 Å². The summed E-state index contributed by atoms with van der Waals surface area (Å²) in [6, 6.07) is 9.24. The van der Waals surface area contributed by atoms with E-state index in [1.165, 1.54) is 0 Å². The van der Waals surface area contributed by atoms with Crippen LogP contribution in [0.25, 0.3) is 0 Å². The minimum atomic E-state index is -0.932. The molecule has 2 atom stereocenters. The lowest BCUT2D eigenvalue weighted by atomic mass is 9.80. The van der Waals surface area contributed by atoms with Crippen LogP contribution in [0.4, 0.5) is 4.79 Å². The number of rotatable bonds is 5. The van der Waals surface area contributed by atoms with Gasteiger partial charge in [0.1, 0.15) is 6.61 Å². The quantitative estimate of drug-likeness (QED) is 0.773. The van der Waals surface area contributed by atoms with E-state index in [2.05, 4.69) is 10.6 Å². The first-order valence-electron chi connectivity index (χ1n) is 7.46. The van der Waals surface area contributed by atoms with Gasteiger partial charge in [0.25, 0.3) is 0 Å². The number of alkyl carbamates (subject to hydrolysis) is 1. The van der Waals surface area contributed by atoms with Gasteiger partial charge in [0.05, 0.1) is 12.0 Å². The number of carboxylic acid groups (broad SMARTS) is 1. The standard InChI is InChI=1S/C16H22N2O4/c1-12-16(10-14(19)20,8-5-9-17-12)18-15(21)22-11-13-6-3-2-4-7-13/h2-4,6-7,12,17H,5,8-11H2,1H3,(H,18,21)(H,19,20). The zero-order valence-electron chi connectivity index (χ0n) is 12.7. The maximum absolute atomic E-state index is 12.1. The molecule has 6 heteroatoms. The van der Waals surface area contributed by atoms with Gasteiger partial charge in [0.2, 0.25) is 0 Å². The molecule has 0 aromatic heterocycles. The fourth-order valence-corrected chi connectivity index (χ4v) is 2.82. The Balaban J connectivity index is 1.97. The van der Waals surface area contributed by atoms with Gasteiger partial charge in [-0.1, -0.05) is 30.3 Å². The van der Waals surface area contributed by atoms with Gasteiger partial charge in [0.15, 0.2) is 0 Å². The lowest BCUT2D eigenvalue weighted by Crippen LogP contribution is -2.63. The van der Waals surface area contributed by atoms with Gasteiger partial charge in [-0.05, 0) is 31.9 Å². The Labute approximate surface area is 129 Å². The largest absolute Gasteiger partial charge is 0.481 e. The lowest BCUT2D eigenvalue weighted by Gasteiger charge is -2.42. The number of piperidine rings is 1. The highest BCUT2D eigenvalue weighted by Crippen LogP contribution is 2.26. The number of hydrogen-bond acceptors (Lipinski definition) is 4. The highest BCUT2D eigenvalue weighted by molar-refractivity contribution is 5.73. The maximum Gasteiger partial charge on any atom is 0.407 e. The number of carbonyl (C=O) groups excluding carboxylic acids is 1. The average Bonchev–Trinajstić information content (AvgIpc) is 2.49. The van der Waals surface area contributed by atoms with Crippen LogP contribution in [0.3, 0.4) is 0 Å². The molecule has 0 spiro atoms. The van der Waals surface area contributed by atoms with Crippen LogP contribution < -0.4 is 10.6 Å². The normalized spacial score (nSPS) is 24.5. The van der Waals surface area contributed by atoms with Crippen LogP contribution in [0.15, 0.2) is 30.3 Å². The van der Waals surface area contributed by atoms with E-state index in [9.17, 15) is 9.59 Å². The van der Waals surface area contributed by atoms with Crippen LogP contribution in [-0.4, -0.2) is 35.3 Å². The molecule has 3 N–H and O–H groups in total. The SMILES string of the molecule is CC1NCCCC1(CC(=O)O)NC(=O)OCc1ccccc1. The molecule has 2 unspecified atom stereocenters. The number of benzene rings is 1. The number of aliphatic carboxylic acids is 1. The Morgan fingerprint density at radius 3 is 2.77 bits per heavy atom. The smallest absolute Gasteiger partial charge is 0.407 e. The first-order valence-corrected chi connectivity index (χ1v) is 7.46. The number of carbonyl (C=O) groups is 2. The zero-order chi connectivity index (χ0) is 16.0. The zero-order valence-corrected chi connectivity index (χ0v) is 12.7. The second kappa shape index (κ2) is 7.26. The van der Waals surface area contributed by atoms with E-state index >= 15 is 0 Å². The lowest BCUT2D eigenvalue weighted by molar-refractivity contribution is -0.139. The van der Waals surface area contributed by atoms with E-state index in [1.807, 2.05) is 37.3 Å². The number of nitrogens with one attached hydrogen (secondary N) is 2. The van der Waals surface area contributed by atoms with Crippen LogP contribution in [0.2, 0.25) is 0 Å². The minimum absolute atomic E-state index is 0.123. The van der Waals surface area contributed by atoms with Crippen LogP contribution in [0, 0.1) is 0 Å². The van der Waals surface area contributed by atoms with E-state index in [0.717, 1.165) is 18.5 Å². The molecule has 0 aliphatic carbocycles. The summed E-state index contributed by atoms with van der Waals surface area (Å²) in [5.74, 6) is -0.932. The Morgan fingerprint density at radius 2 is 2.14 bits per heavy atom. The van der Waals surface area contributed by atoms with E-state index < -0.39 is 17.6 Å². The molecular formula is C16H22N2O4. The van der Waals surface area contributed by atoms with Crippen molar-refractivity contribution in [2.45, 2.75) is 44.4 Å². The topological polar surface area (TPSA) is 87.7 Å². The number of carboxylic acids is 1. The number of ether oxygens (including phenoxy) is 1. The second-order valence-corrected chi connectivity index (χ2v) is 5.69. The Bertz CT molecular complexity index is 520. The molecule has 2 rings (SSSR count). The third-order valence-electron chi connectivity index (χ3n) is 4.11. The molecule has 1 aliphatic rings. The van der Waals surface area contributed by atoms with Crippen molar-refractivity contribution in [1.82, 2.24) is 10.6 Å². The Hall–Kier alpha value is -2.08. The predicted molar refractivity (Wildman–Crippen MR) is 81.4 cm³/mol. The van der Waals surface area contributed by atoms with Crippen molar-refractivity contribution in [3.63, 3.8) is 0 Å². The third-order valence-corrected chi connectivity index (χ3v) is 4.11. The summed E-state index contributed by atoms with van der Waals surface area (Å²) in [6.07, 6.45) is 0.729. The van der Waals surface area contributed by atoms with Crippen LogP contribution >= 0.6 is 0 Å². The van der Waals surface area contributed by atoms with Gasteiger partial charge in [0, 0.05) is 6.04 Å². The highest BCUT2D eigenvalue weighted by Gasteiger charge is 2.41. The molecule has 1 aliphatic heterocycles. The van der Waals surface area contributed by atoms with E-state index in [1.54, 1.807) is 0 Å². The van der Waals surface area contributed by atoms with Gasteiger partial charge >= 0.3 is 12.1 Å². The molecule has 1 saturated heterocycles. The molecule has 1 aromatic rings. The molecule has 6 nitrogen and oxygen atoms in total. The van der Waals surface area contributed by atoms with Crippen molar-refractivity contribution in [3.8, 4) is 0 Å². The summed E-state index contributed by atoms with van der Waals surface area (Å²) in [7, 11) is 0. The number of hydrogen-bond donors (Lipinski definition) is 3. The van der Waals surface area contributed by atoms with E-state index in [0.29, 0.717) is 6.42 Å². The summed E-state index contributed by atoms with van der Waals surface area (Å²) in [6.45, 7) is 2.88. The molecule has 0 radical (unpaired) electrons. The van der Waals surface area contributed by atoms with Gasteiger partial charge in [-0.15, -0.1) is 0 Å². The third kappa shape index (κ3) is 4.21. The highest BCUT2D eigenvalue weighted by atomic mass is 16.5. The summed E-state index contributed by atoms with van der Waals surface area (Å²) in [5, 5.41) is 15.2. The molecule has 1 fully saturated rings. The molecule has 0 bridgehead atoms. The second-order valence-electron chi connectivity index (χ2n) is 5.69. The molecule has 1 heterocycles. The first-order chi connectivity index (χ1) is 10.5. The summed E-state index contributed by atoms with van der Waals surface area (Å²) in [4.78, 5) is 23.2. The molecule has 0 saturated carbocycles. The summed E-state index contributed by atoms with van der Waals surface area (Å²) < 4.78 is 5.22. The molecular weight excluding hydrogens is 284 g/mol. The Morgan fingerprint density at radius 1 is 1.41 bits per heavy atom. The van der Waals surface area contributed by atoms with Crippen molar-refractivity contribution in [2.75, 3.05) is 6.54 Å². The van der Waals surface area contributed by atoms with Crippen LogP contribution in [0.1, 0.15) is 31.7 Å². The Kier molecular flexibility index (Phi) is 5.38. The fourth-order valence-electron chi connectivity index (χ4n) is 2.82. The van der Waals surface area contributed by atoms with Crippen molar-refractivity contribution in [3.05, 3.63) is 35.9 Å². The average molecular weight is 306 g/mol. The van der Waals surface area contributed by atoms with Crippen LogP contribution in [-0.2, 0) is 16.1 Å². The maximum atomic E-state index is 12.1. The van der Waals surface area contributed by atoms with Gasteiger partial charge < -0.3 is 20.5 Å². The number of amides is 1. The van der Waals surface area contributed by atoms with E-state index in [-0.39, 0.29) is 19.1 Å². The van der Waals surface area contributed by atoms with E-state index in [4.69, 9.17) is 9.84 Å². The minimum Gasteiger partial charge on any atom is -0.481 e. The fraction of sp³-hybridized carbons (Fsp3) is 0.500. The molecule has 120 valence electrons. The molecule has 1 aromatic carbocycles. The van der Waals surface area contributed by atoms with Crippen LogP contribution in [0.5, 0.6) is 0 Å². The van der Waals surface area contributed by atoms with Gasteiger partial charge in [-0.2, -0.15) is 0 Å². The predicted octanol–water partition coefficient (Wildman–Crippen LogP) is 1.90. The van der Waals surface area contributed by atoms with Crippen molar-refractivity contribution < 1.29 is 19.4 Å². The molecule has 1 amide bonds. The van der Waals surface area contributed by atoms with Crippen molar-refractivity contribution in [2.24, 2.45) is 0 Å². The molecule has 22 heavy (non-hydrogen) atoms. The first kappa shape index (κ1) is 16.3. The summed E-state index contributed by atoms with van der Waals surface area (Å²) >= 11 is 0. The van der Waals surface area contributed by atoms with Gasteiger partial charge in [-0.3, -0.25) is 4.79 Å². The summed E-state index contributed by atoms with van der Waals surface area (Å²) in [5.41, 5.74) is 0.0810. The van der Waals surface area contributed by atoms with Crippen molar-refractivity contribution >= 4 is 12.1 Å².